The number of ether oxygens (including phenoxy) is 1. The van der Waals surface area contributed by atoms with E-state index >= 15 is 0 Å². The highest BCUT2D eigenvalue weighted by molar-refractivity contribution is 8.15. The Hall–Kier alpha value is -1.57. The van der Waals surface area contributed by atoms with Crippen LogP contribution in [0.5, 0.6) is 0 Å². The van der Waals surface area contributed by atoms with Crippen molar-refractivity contribution >= 4 is 40.0 Å². The van der Waals surface area contributed by atoms with E-state index in [0.717, 1.165) is 0 Å². The van der Waals surface area contributed by atoms with Crippen LogP contribution in [0.4, 0.5) is 10.1 Å². The summed E-state index contributed by atoms with van der Waals surface area (Å²) < 4.78 is 19.1. The Bertz CT molecular complexity index is 682. The highest BCUT2D eigenvalue weighted by Gasteiger charge is 2.32. The van der Waals surface area contributed by atoms with E-state index in [0.29, 0.717) is 26.3 Å². The van der Waals surface area contributed by atoms with Gasteiger partial charge < -0.3 is 14.7 Å². The molecule has 23 heavy (non-hydrogen) atoms. The quantitative estimate of drug-likeness (QED) is 0.885. The molecule has 1 amide bonds. The van der Waals surface area contributed by atoms with Crippen LogP contribution in [0, 0.1) is 5.82 Å². The van der Waals surface area contributed by atoms with E-state index in [1.54, 1.807) is 4.90 Å². The van der Waals surface area contributed by atoms with Crippen molar-refractivity contribution in [3.63, 3.8) is 0 Å². The van der Waals surface area contributed by atoms with Gasteiger partial charge in [0.05, 0.1) is 24.0 Å². The first-order valence-electron chi connectivity index (χ1n) is 7.03. The molecule has 8 heteroatoms. The van der Waals surface area contributed by atoms with Crippen molar-refractivity contribution in [2.45, 2.75) is 0 Å². The Labute approximate surface area is 141 Å². The largest absolute Gasteiger partial charge is 0.510 e. The second-order valence-corrected chi connectivity index (χ2v) is 6.37. The minimum Gasteiger partial charge on any atom is -0.510 e. The SMILES string of the molecule is O=C(C1=C(O)CSC1=Nc1c(F)cccc1Cl)N1CCOCC1. The fraction of sp³-hybridized carbons (Fsp3) is 0.333. The lowest BCUT2D eigenvalue weighted by Gasteiger charge is -2.27. The summed E-state index contributed by atoms with van der Waals surface area (Å²) in [6.45, 7) is 1.82. The number of rotatable bonds is 2. The Morgan fingerprint density at radius 1 is 1.39 bits per heavy atom. The van der Waals surface area contributed by atoms with Gasteiger partial charge >= 0.3 is 0 Å². The van der Waals surface area contributed by atoms with Gasteiger partial charge in [0.1, 0.15) is 27.9 Å². The normalized spacial score (nSPS) is 20.4. The summed E-state index contributed by atoms with van der Waals surface area (Å²) in [4.78, 5) is 18.4. The number of benzene rings is 1. The van der Waals surface area contributed by atoms with Gasteiger partial charge in [-0.15, -0.1) is 0 Å². The number of aliphatic imine (C=N–C) groups is 1. The molecule has 1 N–H and O–H groups in total. The van der Waals surface area contributed by atoms with Gasteiger partial charge in [-0.1, -0.05) is 29.4 Å². The van der Waals surface area contributed by atoms with Gasteiger partial charge in [0.25, 0.3) is 5.91 Å². The molecule has 2 aliphatic rings. The number of thioether (sulfide) groups is 1. The molecule has 5 nitrogen and oxygen atoms in total. The van der Waals surface area contributed by atoms with E-state index in [9.17, 15) is 14.3 Å². The van der Waals surface area contributed by atoms with Crippen LogP contribution in [0.1, 0.15) is 0 Å². The molecule has 1 aromatic rings. The van der Waals surface area contributed by atoms with Crippen molar-refractivity contribution in [1.29, 1.82) is 0 Å². The number of carbonyl (C=O) groups is 1. The third kappa shape index (κ3) is 3.36. The Morgan fingerprint density at radius 3 is 2.83 bits per heavy atom. The zero-order valence-corrected chi connectivity index (χ0v) is 13.7. The van der Waals surface area contributed by atoms with Crippen LogP contribution >= 0.6 is 23.4 Å². The molecule has 0 atom stereocenters. The minimum atomic E-state index is -0.574. The topological polar surface area (TPSA) is 62.1 Å². The Morgan fingerprint density at radius 2 is 2.13 bits per heavy atom. The highest BCUT2D eigenvalue weighted by Crippen LogP contribution is 2.34. The first-order chi connectivity index (χ1) is 11.1. The number of aliphatic hydroxyl groups is 1. The number of morpholine rings is 1. The van der Waals surface area contributed by atoms with Crippen LogP contribution in [-0.4, -0.2) is 53.0 Å². The fourth-order valence-corrected chi connectivity index (χ4v) is 3.46. The average Bonchev–Trinajstić information content (AvgIpc) is 2.92. The van der Waals surface area contributed by atoms with Gasteiger partial charge in [0.15, 0.2) is 0 Å². The molecule has 2 heterocycles. The zero-order chi connectivity index (χ0) is 16.4. The summed E-state index contributed by atoms with van der Waals surface area (Å²) in [7, 11) is 0. The van der Waals surface area contributed by atoms with Crippen LogP contribution in [0.3, 0.4) is 0 Å². The number of hydrogen-bond acceptors (Lipinski definition) is 5. The second kappa shape index (κ2) is 6.90. The number of carbonyl (C=O) groups excluding carboxylic acids is 1. The molecule has 0 bridgehead atoms. The molecule has 122 valence electrons. The van der Waals surface area contributed by atoms with E-state index in [1.807, 2.05) is 0 Å². The van der Waals surface area contributed by atoms with Crippen LogP contribution in [0.15, 0.2) is 34.5 Å². The van der Waals surface area contributed by atoms with Crippen molar-refractivity contribution in [1.82, 2.24) is 4.90 Å². The van der Waals surface area contributed by atoms with Crippen LogP contribution in [0.25, 0.3) is 0 Å². The van der Waals surface area contributed by atoms with Crippen LogP contribution in [0.2, 0.25) is 5.02 Å². The summed E-state index contributed by atoms with van der Waals surface area (Å²) in [5.74, 6) is -0.703. The summed E-state index contributed by atoms with van der Waals surface area (Å²) in [5, 5.41) is 10.5. The number of nitrogens with zero attached hydrogens (tertiary/aromatic N) is 2. The maximum absolute atomic E-state index is 13.9. The molecule has 1 saturated heterocycles. The Kier molecular flexibility index (Phi) is 4.89. The van der Waals surface area contributed by atoms with Crippen LogP contribution < -0.4 is 0 Å². The molecule has 0 radical (unpaired) electrons. The third-order valence-corrected chi connectivity index (χ3v) is 4.80. The lowest BCUT2D eigenvalue weighted by molar-refractivity contribution is -0.130. The molecule has 0 saturated carbocycles. The lowest BCUT2D eigenvalue weighted by Crippen LogP contribution is -2.42. The van der Waals surface area contributed by atoms with Crippen molar-refractivity contribution in [2.75, 3.05) is 32.1 Å². The molecule has 1 aromatic carbocycles. The summed E-state index contributed by atoms with van der Waals surface area (Å²) in [6, 6.07) is 4.25. The molecular formula is C15H14ClFN2O3S. The van der Waals surface area contributed by atoms with E-state index in [4.69, 9.17) is 16.3 Å². The highest BCUT2D eigenvalue weighted by atomic mass is 35.5. The van der Waals surface area contributed by atoms with Gasteiger partial charge in [0.2, 0.25) is 0 Å². The Balaban J connectivity index is 1.93. The van der Waals surface area contributed by atoms with Gasteiger partial charge in [-0.05, 0) is 12.1 Å². The standard InChI is InChI=1S/C15H14ClFN2O3S/c16-9-2-1-3-10(17)13(9)18-14-12(11(20)8-23-14)15(21)19-4-6-22-7-5-19/h1-3,20H,4-8H2. The first-order valence-corrected chi connectivity index (χ1v) is 8.39. The molecule has 0 aromatic heterocycles. The lowest BCUT2D eigenvalue weighted by atomic mass is 10.2. The molecule has 1 fully saturated rings. The first kappa shape index (κ1) is 16.3. The zero-order valence-electron chi connectivity index (χ0n) is 12.1. The second-order valence-electron chi connectivity index (χ2n) is 5.00. The van der Waals surface area contributed by atoms with Gasteiger partial charge in [-0.3, -0.25) is 4.79 Å². The van der Waals surface area contributed by atoms with Crippen molar-refractivity contribution in [3.05, 3.63) is 40.4 Å². The average molecular weight is 357 g/mol. The van der Waals surface area contributed by atoms with E-state index < -0.39 is 5.82 Å². The van der Waals surface area contributed by atoms with Crippen LogP contribution in [-0.2, 0) is 9.53 Å². The number of amides is 1. The van der Waals surface area contributed by atoms with E-state index in [2.05, 4.69) is 4.99 Å². The van der Waals surface area contributed by atoms with Gasteiger partial charge in [0, 0.05) is 13.1 Å². The van der Waals surface area contributed by atoms with E-state index in [-0.39, 0.29) is 38.7 Å². The molecule has 3 rings (SSSR count). The molecule has 0 spiro atoms. The van der Waals surface area contributed by atoms with E-state index in [1.165, 1.54) is 30.0 Å². The van der Waals surface area contributed by atoms with Crippen molar-refractivity contribution < 1.29 is 19.0 Å². The molecular weight excluding hydrogens is 343 g/mol. The number of para-hydroxylation sites is 1. The maximum atomic E-state index is 13.9. The summed E-state index contributed by atoms with van der Waals surface area (Å²) >= 11 is 7.16. The number of aliphatic hydroxyl groups excluding tert-OH is 1. The summed E-state index contributed by atoms with van der Waals surface area (Å²) in [5.41, 5.74) is 0.0925. The molecule has 2 aliphatic heterocycles. The molecule has 0 unspecified atom stereocenters. The molecule has 0 aliphatic carbocycles. The van der Waals surface area contributed by atoms with Crippen molar-refractivity contribution in [2.24, 2.45) is 4.99 Å². The predicted molar refractivity (Wildman–Crippen MR) is 88.0 cm³/mol. The van der Waals surface area contributed by atoms with Gasteiger partial charge in [-0.25, -0.2) is 9.38 Å². The van der Waals surface area contributed by atoms with Crippen molar-refractivity contribution in [3.8, 4) is 0 Å². The smallest absolute Gasteiger partial charge is 0.260 e. The van der Waals surface area contributed by atoms with Gasteiger partial charge in [-0.2, -0.15) is 0 Å². The maximum Gasteiger partial charge on any atom is 0.260 e. The minimum absolute atomic E-state index is 0.0290. The monoisotopic (exact) mass is 356 g/mol. The number of halogens is 2. The third-order valence-electron chi connectivity index (χ3n) is 3.51. The number of hydrogen-bond donors (Lipinski definition) is 1. The fourth-order valence-electron chi connectivity index (χ4n) is 2.33. The summed E-state index contributed by atoms with van der Waals surface area (Å²) in [6.07, 6.45) is 0. The predicted octanol–water partition coefficient (Wildman–Crippen LogP) is 2.93.